The summed E-state index contributed by atoms with van der Waals surface area (Å²) >= 11 is 1.71. The van der Waals surface area contributed by atoms with Gasteiger partial charge in [-0.2, -0.15) is 5.10 Å². The van der Waals surface area contributed by atoms with Crippen LogP contribution >= 0.6 is 11.3 Å². The fourth-order valence-electron chi connectivity index (χ4n) is 6.11. The number of thiophene rings is 1. The monoisotopic (exact) mass is 465 g/mol. The molecule has 1 aliphatic heterocycles. The molecule has 3 aromatic rings. The van der Waals surface area contributed by atoms with Crippen LogP contribution in [0.5, 0.6) is 0 Å². The Labute approximate surface area is 198 Å². The van der Waals surface area contributed by atoms with Crippen LogP contribution in [-0.4, -0.2) is 44.3 Å². The number of hydrogen-bond acceptors (Lipinski definition) is 4. The zero-order chi connectivity index (χ0) is 23.1. The van der Waals surface area contributed by atoms with Crippen LogP contribution in [0, 0.1) is 11.8 Å². The number of carboxylic acids is 1. The van der Waals surface area contributed by atoms with Crippen LogP contribution in [0.3, 0.4) is 0 Å². The molecule has 1 aliphatic carbocycles. The summed E-state index contributed by atoms with van der Waals surface area (Å²) in [6, 6.07) is 10.5. The molecule has 4 unspecified atom stereocenters. The number of fused-ring (bicyclic) bond motifs is 2. The fourth-order valence-corrected chi connectivity index (χ4v) is 6.86. The van der Waals surface area contributed by atoms with Crippen molar-refractivity contribution < 1.29 is 14.7 Å². The van der Waals surface area contributed by atoms with E-state index < -0.39 is 5.97 Å². The minimum Gasteiger partial charge on any atom is -0.481 e. The van der Waals surface area contributed by atoms with Crippen molar-refractivity contribution in [3.63, 3.8) is 0 Å². The summed E-state index contributed by atoms with van der Waals surface area (Å²) in [7, 11) is 1.96. The highest BCUT2D eigenvalue weighted by molar-refractivity contribution is 7.13. The number of aliphatic carboxylic acids is 1. The van der Waals surface area contributed by atoms with E-state index in [-0.39, 0.29) is 29.7 Å². The molecule has 174 valence electrons. The maximum absolute atomic E-state index is 13.5. The van der Waals surface area contributed by atoms with Gasteiger partial charge in [0.2, 0.25) is 5.91 Å². The molecule has 1 amide bonds. The van der Waals surface area contributed by atoms with E-state index in [0.717, 1.165) is 55.2 Å². The number of rotatable bonds is 5. The lowest BCUT2D eigenvalue weighted by Gasteiger charge is -2.46. The quantitative estimate of drug-likeness (QED) is 0.556. The van der Waals surface area contributed by atoms with Gasteiger partial charge >= 0.3 is 5.97 Å². The summed E-state index contributed by atoms with van der Waals surface area (Å²) in [6.45, 7) is 2.83. The van der Waals surface area contributed by atoms with E-state index in [2.05, 4.69) is 42.6 Å². The molecular weight excluding hydrogens is 434 g/mol. The van der Waals surface area contributed by atoms with Crippen molar-refractivity contribution in [2.24, 2.45) is 18.9 Å². The van der Waals surface area contributed by atoms with Crippen LogP contribution in [0.15, 0.2) is 35.7 Å². The van der Waals surface area contributed by atoms with E-state index in [1.807, 2.05) is 16.6 Å². The van der Waals surface area contributed by atoms with Crippen LogP contribution in [0.2, 0.25) is 0 Å². The Balaban J connectivity index is 1.41. The SMILES string of the molecule is CC(CC(=O)N1CCCC2C(C(=O)O)CCCC21)c1nn(C)c2cccc(-c3cccs3)c12. The number of nitrogens with zero attached hydrogens (tertiary/aromatic N) is 3. The molecule has 2 fully saturated rings. The number of amides is 1. The molecule has 4 atom stereocenters. The first-order chi connectivity index (χ1) is 16.0. The van der Waals surface area contributed by atoms with Gasteiger partial charge < -0.3 is 10.0 Å². The van der Waals surface area contributed by atoms with Crippen molar-refractivity contribution in [3.8, 4) is 10.4 Å². The van der Waals surface area contributed by atoms with Gasteiger partial charge in [0.15, 0.2) is 0 Å². The Bertz CT molecular complexity index is 1170. The molecule has 5 rings (SSSR count). The van der Waals surface area contributed by atoms with Gasteiger partial charge in [-0.05, 0) is 49.1 Å². The third kappa shape index (κ3) is 3.97. The summed E-state index contributed by atoms with van der Waals surface area (Å²) in [5.74, 6) is -0.819. The van der Waals surface area contributed by atoms with E-state index in [0.29, 0.717) is 6.42 Å². The van der Waals surface area contributed by atoms with E-state index in [1.165, 1.54) is 10.4 Å². The Morgan fingerprint density at radius 3 is 2.79 bits per heavy atom. The number of carbonyl (C=O) groups is 2. The molecular formula is C26H31N3O3S. The van der Waals surface area contributed by atoms with Gasteiger partial charge in [0.05, 0.1) is 17.1 Å². The maximum Gasteiger partial charge on any atom is 0.306 e. The summed E-state index contributed by atoms with van der Waals surface area (Å²) in [5.41, 5.74) is 3.20. The van der Waals surface area contributed by atoms with Gasteiger partial charge in [-0.25, -0.2) is 0 Å². The van der Waals surface area contributed by atoms with Crippen molar-refractivity contribution in [1.29, 1.82) is 0 Å². The summed E-state index contributed by atoms with van der Waals surface area (Å²) in [5, 5.41) is 17.7. The first-order valence-corrected chi connectivity index (χ1v) is 12.9. The highest BCUT2D eigenvalue weighted by atomic mass is 32.1. The number of carbonyl (C=O) groups excluding carboxylic acids is 1. The van der Waals surface area contributed by atoms with Gasteiger partial charge in [0, 0.05) is 47.8 Å². The fraction of sp³-hybridized carbons (Fsp3) is 0.500. The number of hydrogen-bond donors (Lipinski definition) is 1. The molecule has 33 heavy (non-hydrogen) atoms. The van der Waals surface area contributed by atoms with E-state index in [9.17, 15) is 14.7 Å². The predicted molar refractivity (Wildman–Crippen MR) is 130 cm³/mol. The summed E-state index contributed by atoms with van der Waals surface area (Å²) < 4.78 is 1.91. The number of aryl methyl sites for hydroxylation is 1. The van der Waals surface area contributed by atoms with Crippen LogP contribution in [0.25, 0.3) is 21.3 Å². The molecule has 2 aromatic heterocycles. The zero-order valence-electron chi connectivity index (χ0n) is 19.2. The third-order valence-electron chi connectivity index (χ3n) is 7.64. The Kier molecular flexibility index (Phi) is 5.99. The first-order valence-electron chi connectivity index (χ1n) is 12.0. The normalized spacial score (nSPS) is 23.9. The van der Waals surface area contributed by atoms with Gasteiger partial charge in [-0.3, -0.25) is 14.3 Å². The van der Waals surface area contributed by atoms with Gasteiger partial charge in [0.1, 0.15) is 0 Å². The predicted octanol–water partition coefficient (Wildman–Crippen LogP) is 5.29. The second-order valence-corrected chi connectivity index (χ2v) is 10.6. The Hall–Kier alpha value is -2.67. The molecule has 1 N–H and O–H groups in total. The smallest absolute Gasteiger partial charge is 0.306 e. The largest absolute Gasteiger partial charge is 0.481 e. The molecule has 1 saturated heterocycles. The molecule has 1 saturated carbocycles. The molecule has 0 radical (unpaired) electrons. The van der Waals surface area contributed by atoms with Gasteiger partial charge in [-0.1, -0.05) is 31.5 Å². The molecule has 0 spiro atoms. The Morgan fingerprint density at radius 2 is 2.03 bits per heavy atom. The third-order valence-corrected chi connectivity index (χ3v) is 8.54. The maximum atomic E-state index is 13.5. The Morgan fingerprint density at radius 1 is 1.18 bits per heavy atom. The van der Waals surface area contributed by atoms with Crippen molar-refractivity contribution in [1.82, 2.24) is 14.7 Å². The lowest BCUT2D eigenvalue weighted by Crippen LogP contribution is -2.53. The second kappa shape index (κ2) is 8.93. The minimum atomic E-state index is -0.701. The zero-order valence-corrected chi connectivity index (χ0v) is 20.1. The molecule has 7 heteroatoms. The van der Waals surface area contributed by atoms with Crippen LogP contribution in [-0.2, 0) is 16.6 Å². The van der Waals surface area contributed by atoms with Crippen molar-refractivity contribution in [2.75, 3.05) is 6.54 Å². The second-order valence-electron chi connectivity index (χ2n) is 9.63. The molecule has 1 aromatic carbocycles. The summed E-state index contributed by atoms with van der Waals surface area (Å²) in [6.07, 6.45) is 4.73. The number of likely N-dealkylation sites (tertiary alicyclic amines) is 1. The summed E-state index contributed by atoms with van der Waals surface area (Å²) in [4.78, 5) is 28.5. The highest BCUT2D eigenvalue weighted by Crippen LogP contribution is 2.41. The topological polar surface area (TPSA) is 75.4 Å². The van der Waals surface area contributed by atoms with E-state index >= 15 is 0 Å². The van der Waals surface area contributed by atoms with Crippen LogP contribution in [0.1, 0.15) is 57.1 Å². The lowest BCUT2D eigenvalue weighted by molar-refractivity contribution is -0.152. The standard InChI is InChI=1S/C26H31N3O3S/c1-16(15-23(30)29-13-5-9-17-18(26(31)32)7-3-10-20(17)29)25-24-19(22-12-6-14-33-22)8-4-11-21(24)28(2)27-25/h4,6,8,11-12,14,16-18,20H,3,5,7,9-10,13,15H2,1-2H3,(H,31,32). The van der Waals surface area contributed by atoms with Crippen molar-refractivity contribution >= 4 is 34.1 Å². The van der Waals surface area contributed by atoms with Gasteiger partial charge in [-0.15, -0.1) is 11.3 Å². The minimum absolute atomic E-state index is 0.0263. The van der Waals surface area contributed by atoms with Gasteiger partial charge in [0.25, 0.3) is 0 Å². The molecule has 3 heterocycles. The van der Waals surface area contributed by atoms with Crippen molar-refractivity contribution in [2.45, 2.75) is 57.4 Å². The number of carboxylic acid groups (broad SMARTS) is 1. The molecule has 6 nitrogen and oxygen atoms in total. The van der Waals surface area contributed by atoms with E-state index in [4.69, 9.17) is 5.10 Å². The average molecular weight is 466 g/mol. The number of piperidine rings is 1. The first kappa shape index (κ1) is 22.1. The van der Waals surface area contributed by atoms with E-state index in [1.54, 1.807) is 11.3 Å². The number of aromatic nitrogens is 2. The highest BCUT2D eigenvalue weighted by Gasteiger charge is 2.43. The van der Waals surface area contributed by atoms with Crippen LogP contribution in [0.4, 0.5) is 0 Å². The molecule has 2 aliphatic rings. The lowest BCUT2D eigenvalue weighted by atomic mass is 9.71. The van der Waals surface area contributed by atoms with Crippen molar-refractivity contribution in [3.05, 3.63) is 41.4 Å². The number of benzene rings is 1. The van der Waals surface area contributed by atoms with Crippen LogP contribution < -0.4 is 0 Å². The molecule has 0 bridgehead atoms. The average Bonchev–Trinajstić information content (AvgIpc) is 3.46.